The van der Waals surface area contributed by atoms with E-state index in [1.165, 1.54) is 12.8 Å². The quantitative estimate of drug-likeness (QED) is 0.568. The third-order valence-electron chi connectivity index (χ3n) is 2.98. The van der Waals surface area contributed by atoms with Crippen molar-refractivity contribution in [2.24, 2.45) is 5.73 Å². The molecule has 0 saturated carbocycles. The molecule has 21 heavy (non-hydrogen) atoms. The van der Waals surface area contributed by atoms with E-state index >= 15 is 0 Å². The molecule has 0 aliphatic rings. The Hall–Kier alpha value is -1.55. The zero-order chi connectivity index (χ0) is 15.7. The van der Waals surface area contributed by atoms with Crippen LogP contribution in [0, 0.1) is 0 Å². The molecule has 4 nitrogen and oxygen atoms in total. The van der Waals surface area contributed by atoms with Gasteiger partial charge in [0.1, 0.15) is 5.60 Å². The topological polar surface area (TPSA) is 64.3 Å². The molecule has 0 unspecified atom stereocenters. The van der Waals surface area contributed by atoms with Gasteiger partial charge in [0.15, 0.2) is 0 Å². The standard InChI is InChI=1S/C17H28N2O2/c1-17(2,3)21-16(20)14-8-10-15(11-9-14)19-13-7-5-4-6-12-18/h8-11,19H,4-7,12-13,18H2,1-3H3. The first-order valence-corrected chi connectivity index (χ1v) is 7.70. The lowest BCUT2D eigenvalue weighted by Crippen LogP contribution is -2.23. The number of ether oxygens (including phenoxy) is 1. The molecule has 0 bridgehead atoms. The van der Waals surface area contributed by atoms with Crippen LogP contribution < -0.4 is 11.1 Å². The molecule has 0 heterocycles. The Morgan fingerprint density at radius 2 is 1.71 bits per heavy atom. The van der Waals surface area contributed by atoms with Crippen LogP contribution in [0.25, 0.3) is 0 Å². The minimum atomic E-state index is -0.461. The first kappa shape index (κ1) is 17.5. The van der Waals surface area contributed by atoms with E-state index in [9.17, 15) is 4.79 Å². The summed E-state index contributed by atoms with van der Waals surface area (Å²) in [6.45, 7) is 7.32. The van der Waals surface area contributed by atoms with Gasteiger partial charge in [0.2, 0.25) is 0 Å². The van der Waals surface area contributed by atoms with Crippen LogP contribution in [0.5, 0.6) is 0 Å². The lowest BCUT2D eigenvalue weighted by atomic mass is 10.1. The zero-order valence-electron chi connectivity index (χ0n) is 13.4. The average Bonchev–Trinajstić information content (AvgIpc) is 2.41. The maximum atomic E-state index is 11.9. The van der Waals surface area contributed by atoms with Crippen molar-refractivity contribution in [2.75, 3.05) is 18.4 Å². The van der Waals surface area contributed by atoms with Gasteiger partial charge in [0, 0.05) is 12.2 Å². The normalized spacial score (nSPS) is 11.2. The van der Waals surface area contributed by atoms with Crippen LogP contribution in [-0.2, 0) is 4.74 Å². The fraction of sp³-hybridized carbons (Fsp3) is 0.588. The molecule has 0 spiro atoms. The van der Waals surface area contributed by atoms with Crippen molar-refractivity contribution in [3.05, 3.63) is 29.8 Å². The Bertz CT molecular complexity index is 421. The van der Waals surface area contributed by atoms with Crippen LogP contribution in [-0.4, -0.2) is 24.7 Å². The summed E-state index contributed by atoms with van der Waals surface area (Å²) in [5.41, 5.74) is 6.61. The molecule has 1 aromatic carbocycles. The van der Waals surface area contributed by atoms with E-state index in [-0.39, 0.29) is 5.97 Å². The molecule has 0 amide bonds. The first-order chi connectivity index (χ1) is 9.92. The fourth-order valence-electron chi connectivity index (χ4n) is 1.92. The van der Waals surface area contributed by atoms with E-state index in [0.29, 0.717) is 5.56 Å². The minimum Gasteiger partial charge on any atom is -0.456 e. The highest BCUT2D eigenvalue weighted by atomic mass is 16.6. The summed E-state index contributed by atoms with van der Waals surface area (Å²) in [7, 11) is 0. The smallest absolute Gasteiger partial charge is 0.338 e. The van der Waals surface area contributed by atoms with Crippen molar-refractivity contribution in [2.45, 2.75) is 52.1 Å². The molecule has 0 aromatic heterocycles. The van der Waals surface area contributed by atoms with E-state index in [2.05, 4.69) is 5.32 Å². The van der Waals surface area contributed by atoms with Gasteiger partial charge in [-0.05, 0) is 64.4 Å². The van der Waals surface area contributed by atoms with Crippen molar-refractivity contribution in [1.82, 2.24) is 0 Å². The summed E-state index contributed by atoms with van der Waals surface area (Å²) < 4.78 is 5.33. The predicted molar refractivity (Wildman–Crippen MR) is 87.6 cm³/mol. The zero-order valence-corrected chi connectivity index (χ0v) is 13.4. The fourth-order valence-corrected chi connectivity index (χ4v) is 1.92. The number of anilines is 1. The van der Waals surface area contributed by atoms with E-state index in [1.54, 1.807) is 12.1 Å². The molecule has 3 N–H and O–H groups in total. The van der Waals surface area contributed by atoms with Crippen LogP contribution in [0.3, 0.4) is 0 Å². The third-order valence-corrected chi connectivity index (χ3v) is 2.98. The van der Waals surface area contributed by atoms with Crippen molar-refractivity contribution in [3.63, 3.8) is 0 Å². The van der Waals surface area contributed by atoms with Crippen LogP contribution in [0.1, 0.15) is 56.8 Å². The van der Waals surface area contributed by atoms with Gasteiger partial charge in [-0.3, -0.25) is 0 Å². The van der Waals surface area contributed by atoms with Crippen LogP contribution in [0.4, 0.5) is 5.69 Å². The van der Waals surface area contributed by atoms with Gasteiger partial charge in [0.25, 0.3) is 0 Å². The van der Waals surface area contributed by atoms with Gasteiger partial charge in [-0.1, -0.05) is 12.8 Å². The molecule has 1 aromatic rings. The third kappa shape index (κ3) is 7.71. The summed E-state index contributed by atoms with van der Waals surface area (Å²) in [6, 6.07) is 7.42. The van der Waals surface area contributed by atoms with Gasteiger partial charge in [-0.15, -0.1) is 0 Å². The number of rotatable bonds is 8. The Kier molecular flexibility index (Phi) is 7.23. The molecule has 0 aliphatic carbocycles. The number of esters is 1. The summed E-state index contributed by atoms with van der Waals surface area (Å²) in [6.07, 6.45) is 4.62. The number of carbonyl (C=O) groups excluding carboxylic acids is 1. The summed E-state index contributed by atoms with van der Waals surface area (Å²) in [5, 5.41) is 3.35. The Labute approximate surface area is 128 Å². The lowest BCUT2D eigenvalue weighted by molar-refractivity contribution is 0.00696. The van der Waals surface area contributed by atoms with E-state index in [4.69, 9.17) is 10.5 Å². The molecule has 118 valence electrons. The summed E-state index contributed by atoms with van der Waals surface area (Å²) in [4.78, 5) is 11.9. The number of hydrogen-bond donors (Lipinski definition) is 2. The predicted octanol–water partition coefficient (Wildman–Crippen LogP) is 3.57. The average molecular weight is 292 g/mol. The van der Waals surface area contributed by atoms with Crippen molar-refractivity contribution < 1.29 is 9.53 Å². The van der Waals surface area contributed by atoms with Crippen LogP contribution >= 0.6 is 0 Å². The Morgan fingerprint density at radius 1 is 1.10 bits per heavy atom. The van der Waals surface area contributed by atoms with Gasteiger partial charge in [-0.2, -0.15) is 0 Å². The number of nitrogens with two attached hydrogens (primary N) is 1. The maximum absolute atomic E-state index is 11.9. The van der Waals surface area contributed by atoms with Crippen LogP contribution in [0.2, 0.25) is 0 Å². The second-order valence-corrected chi connectivity index (χ2v) is 6.21. The van der Waals surface area contributed by atoms with Gasteiger partial charge >= 0.3 is 5.97 Å². The van der Waals surface area contributed by atoms with Crippen molar-refractivity contribution >= 4 is 11.7 Å². The van der Waals surface area contributed by atoms with E-state index < -0.39 is 5.60 Å². The molecule has 0 radical (unpaired) electrons. The highest BCUT2D eigenvalue weighted by Gasteiger charge is 2.17. The molecule has 1 rings (SSSR count). The number of unbranched alkanes of at least 4 members (excludes halogenated alkanes) is 3. The highest BCUT2D eigenvalue weighted by Crippen LogP contribution is 2.15. The minimum absolute atomic E-state index is 0.282. The van der Waals surface area contributed by atoms with Gasteiger partial charge < -0.3 is 15.8 Å². The maximum Gasteiger partial charge on any atom is 0.338 e. The molecule has 0 fully saturated rings. The molecule has 0 saturated heterocycles. The number of nitrogens with one attached hydrogen (secondary N) is 1. The number of carbonyl (C=O) groups is 1. The SMILES string of the molecule is CC(C)(C)OC(=O)c1ccc(NCCCCCCN)cc1. The van der Waals surface area contributed by atoms with E-state index in [1.807, 2.05) is 32.9 Å². The van der Waals surface area contributed by atoms with Crippen LogP contribution in [0.15, 0.2) is 24.3 Å². The molecule has 0 atom stereocenters. The highest BCUT2D eigenvalue weighted by molar-refractivity contribution is 5.90. The Balaban J connectivity index is 2.35. The molecular weight excluding hydrogens is 264 g/mol. The monoisotopic (exact) mass is 292 g/mol. The van der Waals surface area contributed by atoms with Gasteiger partial charge in [-0.25, -0.2) is 4.79 Å². The van der Waals surface area contributed by atoms with Gasteiger partial charge in [0.05, 0.1) is 5.56 Å². The molecule has 0 aliphatic heterocycles. The summed E-state index contributed by atoms with van der Waals surface area (Å²) in [5.74, 6) is -0.282. The number of benzene rings is 1. The first-order valence-electron chi connectivity index (χ1n) is 7.70. The number of hydrogen-bond acceptors (Lipinski definition) is 4. The van der Waals surface area contributed by atoms with Crippen molar-refractivity contribution in [1.29, 1.82) is 0 Å². The molecule has 4 heteroatoms. The summed E-state index contributed by atoms with van der Waals surface area (Å²) >= 11 is 0. The van der Waals surface area contributed by atoms with Crippen molar-refractivity contribution in [3.8, 4) is 0 Å². The molecular formula is C17H28N2O2. The second kappa shape index (κ2) is 8.67. The largest absolute Gasteiger partial charge is 0.456 e. The Morgan fingerprint density at radius 3 is 2.29 bits per heavy atom. The van der Waals surface area contributed by atoms with E-state index in [0.717, 1.165) is 31.6 Å². The second-order valence-electron chi connectivity index (χ2n) is 6.21. The lowest BCUT2D eigenvalue weighted by Gasteiger charge is -2.19.